The average molecular weight is 338 g/mol. The smallest absolute Gasteiger partial charge is 0.294 e. The molecule has 0 spiro atoms. The van der Waals surface area contributed by atoms with Gasteiger partial charge in [0.25, 0.3) is 11.1 Å². The molecule has 1 heterocycles. The zero-order valence-corrected chi connectivity index (χ0v) is 12.0. The lowest BCUT2D eigenvalue weighted by atomic mass is 10.2. The summed E-state index contributed by atoms with van der Waals surface area (Å²) in [6, 6.07) is 4.81. The Balaban J connectivity index is 2.30. The minimum absolute atomic E-state index is 0.0265. The average Bonchev–Trinajstić information content (AvgIpc) is 2.62. The van der Waals surface area contributed by atoms with Gasteiger partial charge in [0, 0.05) is 0 Å². The molecule has 0 radical (unpaired) electrons. The van der Waals surface area contributed by atoms with E-state index >= 15 is 0 Å². The summed E-state index contributed by atoms with van der Waals surface area (Å²) in [7, 11) is 0. The first-order chi connectivity index (χ1) is 9.02. The van der Waals surface area contributed by atoms with E-state index in [9.17, 15) is 14.7 Å². The molecule has 0 unspecified atom stereocenters. The SMILES string of the molecule is C#CCN1C(=O)SC(=Cc2ccc(O)c(Br)c2)C1=O. The fourth-order valence-electron chi connectivity index (χ4n) is 1.49. The first-order valence-corrected chi connectivity index (χ1v) is 6.81. The van der Waals surface area contributed by atoms with Crippen LogP contribution in [-0.4, -0.2) is 27.7 Å². The number of phenols is 1. The summed E-state index contributed by atoms with van der Waals surface area (Å²) in [6.45, 7) is -0.0265. The van der Waals surface area contributed by atoms with Gasteiger partial charge in [-0.3, -0.25) is 14.5 Å². The van der Waals surface area contributed by atoms with Crippen LogP contribution in [0.1, 0.15) is 5.56 Å². The monoisotopic (exact) mass is 337 g/mol. The number of hydrogen-bond acceptors (Lipinski definition) is 4. The topological polar surface area (TPSA) is 57.6 Å². The van der Waals surface area contributed by atoms with Gasteiger partial charge in [-0.1, -0.05) is 12.0 Å². The number of aromatic hydroxyl groups is 1. The van der Waals surface area contributed by atoms with Gasteiger partial charge in [-0.15, -0.1) is 6.42 Å². The van der Waals surface area contributed by atoms with Crippen LogP contribution in [0.4, 0.5) is 4.79 Å². The molecule has 1 aromatic carbocycles. The zero-order valence-electron chi connectivity index (χ0n) is 9.59. The number of carbonyl (C=O) groups excluding carboxylic acids is 2. The Hall–Kier alpha value is -1.71. The number of imide groups is 1. The molecular weight excluding hydrogens is 330 g/mol. The van der Waals surface area contributed by atoms with E-state index < -0.39 is 5.91 Å². The molecule has 1 aliphatic heterocycles. The maximum absolute atomic E-state index is 11.9. The van der Waals surface area contributed by atoms with E-state index in [0.717, 1.165) is 16.7 Å². The molecule has 2 amide bonds. The van der Waals surface area contributed by atoms with Gasteiger partial charge in [0.15, 0.2) is 0 Å². The molecule has 1 saturated heterocycles. The highest BCUT2D eigenvalue weighted by Gasteiger charge is 2.34. The summed E-state index contributed by atoms with van der Waals surface area (Å²) in [5.74, 6) is 1.99. The third-order valence-corrected chi connectivity index (χ3v) is 3.94. The van der Waals surface area contributed by atoms with Gasteiger partial charge >= 0.3 is 0 Å². The minimum atomic E-state index is -0.392. The Morgan fingerprint density at radius 1 is 1.47 bits per heavy atom. The summed E-state index contributed by atoms with van der Waals surface area (Å²) in [4.78, 5) is 24.8. The largest absolute Gasteiger partial charge is 0.507 e. The van der Waals surface area contributed by atoms with Gasteiger partial charge in [-0.2, -0.15) is 0 Å². The maximum atomic E-state index is 11.9. The quantitative estimate of drug-likeness (QED) is 0.666. The number of hydrogen-bond donors (Lipinski definition) is 1. The molecule has 1 N–H and O–H groups in total. The second-order valence-corrected chi connectivity index (χ2v) is 5.53. The molecular formula is C13H8BrNO3S. The van der Waals surface area contributed by atoms with Crippen molar-refractivity contribution in [2.45, 2.75) is 0 Å². The van der Waals surface area contributed by atoms with Crippen molar-refractivity contribution in [2.75, 3.05) is 6.54 Å². The maximum Gasteiger partial charge on any atom is 0.294 e. The number of rotatable bonds is 2. The van der Waals surface area contributed by atoms with Crippen molar-refractivity contribution in [3.8, 4) is 18.1 Å². The van der Waals surface area contributed by atoms with E-state index in [1.54, 1.807) is 18.2 Å². The van der Waals surface area contributed by atoms with Crippen molar-refractivity contribution < 1.29 is 14.7 Å². The predicted molar refractivity (Wildman–Crippen MR) is 77.3 cm³/mol. The van der Waals surface area contributed by atoms with E-state index in [2.05, 4.69) is 21.9 Å². The van der Waals surface area contributed by atoms with Gasteiger partial charge in [-0.05, 0) is 51.5 Å². The molecule has 2 rings (SSSR count). The van der Waals surface area contributed by atoms with Crippen LogP contribution >= 0.6 is 27.7 Å². The number of amides is 2. The van der Waals surface area contributed by atoms with Crippen molar-refractivity contribution >= 4 is 44.9 Å². The predicted octanol–water partition coefficient (Wildman–Crippen LogP) is 2.82. The second kappa shape index (κ2) is 5.51. The van der Waals surface area contributed by atoms with Crippen LogP contribution in [0.15, 0.2) is 27.6 Å². The Kier molecular flexibility index (Phi) is 3.98. The van der Waals surface area contributed by atoms with Gasteiger partial charge in [0.05, 0.1) is 15.9 Å². The lowest BCUT2D eigenvalue weighted by Gasteiger charge is -2.06. The molecule has 1 fully saturated rings. The molecule has 0 aromatic heterocycles. The third-order valence-electron chi connectivity index (χ3n) is 2.39. The van der Waals surface area contributed by atoms with Crippen LogP contribution in [0.2, 0.25) is 0 Å². The lowest BCUT2D eigenvalue weighted by Crippen LogP contribution is -2.28. The summed E-state index contributed by atoms with van der Waals surface area (Å²) in [5.41, 5.74) is 0.705. The third kappa shape index (κ3) is 2.83. The summed E-state index contributed by atoms with van der Waals surface area (Å²) >= 11 is 4.04. The van der Waals surface area contributed by atoms with Gasteiger partial charge < -0.3 is 5.11 Å². The molecule has 4 nitrogen and oxygen atoms in total. The highest BCUT2D eigenvalue weighted by Crippen LogP contribution is 2.33. The molecule has 0 saturated carbocycles. The number of nitrogens with zero attached hydrogens (tertiary/aromatic N) is 1. The number of benzene rings is 1. The first kappa shape index (κ1) is 13.7. The lowest BCUT2D eigenvalue weighted by molar-refractivity contribution is -0.122. The van der Waals surface area contributed by atoms with E-state index in [0.29, 0.717) is 14.9 Å². The Bertz CT molecular complexity index is 633. The number of thioether (sulfide) groups is 1. The second-order valence-electron chi connectivity index (χ2n) is 3.68. The van der Waals surface area contributed by atoms with Crippen molar-refractivity contribution in [3.63, 3.8) is 0 Å². The molecule has 0 atom stereocenters. The number of halogens is 1. The van der Waals surface area contributed by atoms with Crippen molar-refractivity contribution in [3.05, 3.63) is 33.1 Å². The van der Waals surface area contributed by atoms with E-state index in [1.807, 2.05) is 0 Å². The molecule has 0 bridgehead atoms. The van der Waals surface area contributed by atoms with Crippen LogP contribution in [-0.2, 0) is 4.79 Å². The van der Waals surface area contributed by atoms with Gasteiger partial charge in [-0.25, -0.2) is 0 Å². The summed E-state index contributed by atoms with van der Waals surface area (Å²) in [5, 5.41) is 9.02. The highest BCUT2D eigenvalue weighted by atomic mass is 79.9. The van der Waals surface area contributed by atoms with Crippen LogP contribution in [0.3, 0.4) is 0 Å². The van der Waals surface area contributed by atoms with Gasteiger partial charge in [0.1, 0.15) is 5.75 Å². The Labute approximate surface area is 122 Å². The molecule has 6 heteroatoms. The van der Waals surface area contributed by atoms with E-state index in [1.165, 1.54) is 6.07 Å². The summed E-state index contributed by atoms with van der Waals surface area (Å²) < 4.78 is 0.518. The molecule has 1 aromatic rings. The van der Waals surface area contributed by atoms with Crippen LogP contribution in [0.5, 0.6) is 5.75 Å². The molecule has 1 aliphatic rings. The fraction of sp³-hybridized carbons (Fsp3) is 0.0769. The van der Waals surface area contributed by atoms with Crippen LogP contribution in [0.25, 0.3) is 6.08 Å². The molecule has 19 heavy (non-hydrogen) atoms. The highest BCUT2D eigenvalue weighted by molar-refractivity contribution is 9.10. The van der Waals surface area contributed by atoms with E-state index in [-0.39, 0.29) is 17.5 Å². The van der Waals surface area contributed by atoms with Crippen LogP contribution < -0.4 is 0 Å². The zero-order chi connectivity index (χ0) is 14.0. The van der Waals surface area contributed by atoms with Crippen molar-refractivity contribution in [2.24, 2.45) is 0 Å². The molecule has 0 aliphatic carbocycles. The number of terminal acetylenes is 1. The van der Waals surface area contributed by atoms with Crippen LogP contribution in [0, 0.1) is 12.3 Å². The standard InChI is InChI=1S/C13H8BrNO3S/c1-2-5-15-12(17)11(19-13(15)18)7-8-3-4-10(16)9(14)6-8/h1,3-4,6-7,16H,5H2. The van der Waals surface area contributed by atoms with Crippen molar-refractivity contribution in [1.82, 2.24) is 4.90 Å². The van der Waals surface area contributed by atoms with Gasteiger partial charge in [0.2, 0.25) is 0 Å². The first-order valence-electron chi connectivity index (χ1n) is 5.20. The normalized spacial score (nSPS) is 17.1. The Morgan fingerprint density at radius 3 is 2.84 bits per heavy atom. The Morgan fingerprint density at radius 2 is 2.21 bits per heavy atom. The van der Waals surface area contributed by atoms with E-state index in [4.69, 9.17) is 6.42 Å². The fourth-order valence-corrected chi connectivity index (χ4v) is 2.73. The van der Waals surface area contributed by atoms with Crippen molar-refractivity contribution in [1.29, 1.82) is 0 Å². The minimum Gasteiger partial charge on any atom is -0.507 e. The molecule has 96 valence electrons. The number of carbonyl (C=O) groups is 2. The number of phenolic OH excluding ortho intramolecular Hbond substituents is 1. The summed E-state index contributed by atoms with van der Waals surface area (Å²) in [6.07, 6.45) is 6.70.